The van der Waals surface area contributed by atoms with Crippen LogP contribution in [0.4, 0.5) is 4.39 Å². The minimum atomic E-state index is -0.281. The van der Waals surface area contributed by atoms with Crippen LogP contribution in [-0.2, 0) is 0 Å². The third-order valence-corrected chi connectivity index (χ3v) is 3.57. The Morgan fingerprint density at radius 3 is 2.55 bits per heavy atom. The monoisotopic (exact) mass is 280 g/mol. The molecule has 112 valence electrons. The number of rotatable bonds is 7. The summed E-state index contributed by atoms with van der Waals surface area (Å²) in [5.74, 6) is -0.420. The predicted molar refractivity (Wildman–Crippen MR) is 80.5 cm³/mol. The summed E-state index contributed by atoms with van der Waals surface area (Å²) < 4.78 is 13.2. The Balaban J connectivity index is 2.50. The van der Waals surface area contributed by atoms with Gasteiger partial charge in [-0.15, -0.1) is 0 Å². The molecule has 1 aromatic carbocycles. The summed E-state index contributed by atoms with van der Waals surface area (Å²) in [5, 5.41) is 2.96. The number of hydrogen-bond donors (Lipinski definition) is 1. The van der Waals surface area contributed by atoms with Gasteiger partial charge < -0.3 is 10.2 Å². The van der Waals surface area contributed by atoms with Crippen LogP contribution in [0.2, 0.25) is 0 Å². The molecule has 0 aliphatic heterocycles. The third-order valence-electron chi connectivity index (χ3n) is 3.57. The third kappa shape index (κ3) is 4.93. The maximum absolute atomic E-state index is 13.2. The lowest BCUT2D eigenvalue weighted by molar-refractivity contribution is 0.0935. The molecule has 1 aromatic rings. The van der Waals surface area contributed by atoms with Crippen molar-refractivity contribution in [2.45, 2.75) is 40.2 Å². The number of hydrogen-bond acceptors (Lipinski definition) is 2. The number of amides is 1. The maximum atomic E-state index is 13.2. The van der Waals surface area contributed by atoms with Crippen LogP contribution in [0, 0.1) is 12.7 Å². The van der Waals surface area contributed by atoms with Crippen LogP contribution in [0.3, 0.4) is 0 Å². The fourth-order valence-corrected chi connectivity index (χ4v) is 2.08. The van der Waals surface area contributed by atoms with Crippen LogP contribution < -0.4 is 5.32 Å². The van der Waals surface area contributed by atoms with Gasteiger partial charge in [-0.2, -0.15) is 0 Å². The quantitative estimate of drug-likeness (QED) is 0.833. The molecule has 0 bridgehead atoms. The highest BCUT2D eigenvalue weighted by atomic mass is 19.1. The average molecular weight is 280 g/mol. The molecule has 3 nitrogen and oxygen atoms in total. The topological polar surface area (TPSA) is 32.3 Å². The molecule has 0 aliphatic rings. The molecule has 4 heteroatoms. The van der Waals surface area contributed by atoms with Gasteiger partial charge in [-0.05, 0) is 57.1 Å². The summed E-state index contributed by atoms with van der Waals surface area (Å²) in [6.07, 6.45) is 0.910. The van der Waals surface area contributed by atoms with Crippen molar-refractivity contribution < 1.29 is 9.18 Å². The Bertz CT molecular complexity index is 444. The molecule has 0 saturated heterocycles. The normalized spacial score (nSPS) is 12.5. The number of benzene rings is 1. The highest BCUT2D eigenvalue weighted by molar-refractivity contribution is 5.94. The van der Waals surface area contributed by atoms with E-state index in [4.69, 9.17) is 0 Å². The van der Waals surface area contributed by atoms with E-state index in [1.165, 1.54) is 12.1 Å². The van der Waals surface area contributed by atoms with Gasteiger partial charge in [-0.1, -0.05) is 13.8 Å². The van der Waals surface area contributed by atoms with E-state index in [2.05, 4.69) is 24.1 Å². The Morgan fingerprint density at radius 1 is 1.35 bits per heavy atom. The van der Waals surface area contributed by atoms with Crippen LogP contribution in [0.5, 0.6) is 0 Å². The summed E-state index contributed by atoms with van der Waals surface area (Å²) in [6, 6.07) is 4.55. The first-order chi connectivity index (χ1) is 9.47. The van der Waals surface area contributed by atoms with Crippen molar-refractivity contribution in [3.05, 3.63) is 35.1 Å². The molecule has 0 saturated carbocycles. The second kappa shape index (κ2) is 8.00. The van der Waals surface area contributed by atoms with E-state index in [9.17, 15) is 9.18 Å². The number of nitrogens with one attached hydrogen (secondary N) is 1. The molecule has 0 radical (unpaired) electrons. The average Bonchev–Trinajstić information content (AvgIpc) is 2.42. The van der Waals surface area contributed by atoms with Crippen LogP contribution in [-0.4, -0.2) is 36.5 Å². The van der Waals surface area contributed by atoms with Gasteiger partial charge in [0, 0.05) is 18.2 Å². The molecule has 1 unspecified atom stereocenters. The van der Waals surface area contributed by atoms with E-state index < -0.39 is 0 Å². The first kappa shape index (κ1) is 16.6. The fourth-order valence-electron chi connectivity index (χ4n) is 2.08. The molecule has 0 heterocycles. The molecule has 1 N–H and O–H groups in total. The predicted octanol–water partition coefficient (Wildman–Crippen LogP) is 2.98. The summed E-state index contributed by atoms with van der Waals surface area (Å²) in [4.78, 5) is 14.4. The van der Waals surface area contributed by atoms with Gasteiger partial charge in [0.05, 0.1) is 0 Å². The van der Waals surface area contributed by atoms with Crippen LogP contribution in [0.25, 0.3) is 0 Å². The molecule has 1 amide bonds. The fraction of sp³-hybridized carbons (Fsp3) is 0.562. The minimum Gasteiger partial charge on any atom is -0.350 e. The van der Waals surface area contributed by atoms with Gasteiger partial charge in [-0.25, -0.2) is 4.39 Å². The lowest BCUT2D eigenvalue weighted by Crippen LogP contribution is -2.36. The van der Waals surface area contributed by atoms with Crippen molar-refractivity contribution in [2.75, 3.05) is 19.6 Å². The van der Waals surface area contributed by atoms with Gasteiger partial charge in [0.25, 0.3) is 5.91 Å². The van der Waals surface area contributed by atoms with Crippen LogP contribution >= 0.6 is 0 Å². The first-order valence-electron chi connectivity index (χ1n) is 7.27. The SMILES string of the molecule is CCN(CC)CCC(C)NC(=O)c1ccc(F)c(C)c1. The molecule has 0 spiro atoms. The molecule has 1 atom stereocenters. The van der Waals surface area contributed by atoms with Gasteiger partial charge in [0.2, 0.25) is 0 Å². The molecule has 1 rings (SSSR count). The van der Waals surface area contributed by atoms with Gasteiger partial charge in [0.15, 0.2) is 0 Å². The van der Waals surface area contributed by atoms with Gasteiger partial charge >= 0.3 is 0 Å². The van der Waals surface area contributed by atoms with E-state index in [1.54, 1.807) is 13.0 Å². The number of carbonyl (C=O) groups excluding carboxylic acids is 1. The van der Waals surface area contributed by atoms with Crippen molar-refractivity contribution >= 4 is 5.91 Å². The zero-order chi connectivity index (χ0) is 15.1. The Kier molecular flexibility index (Phi) is 6.65. The summed E-state index contributed by atoms with van der Waals surface area (Å²) in [5.41, 5.74) is 1.01. The van der Waals surface area contributed by atoms with Crippen LogP contribution in [0.1, 0.15) is 43.1 Å². The molecule has 0 aromatic heterocycles. The van der Waals surface area contributed by atoms with Crippen LogP contribution in [0.15, 0.2) is 18.2 Å². The van der Waals surface area contributed by atoms with E-state index in [0.717, 1.165) is 26.1 Å². The number of aryl methyl sites for hydroxylation is 1. The Hall–Kier alpha value is -1.42. The van der Waals surface area contributed by atoms with Crippen molar-refractivity contribution in [3.8, 4) is 0 Å². The van der Waals surface area contributed by atoms with E-state index in [1.807, 2.05) is 6.92 Å². The number of nitrogens with zero attached hydrogens (tertiary/aromatic N) is 1. The largest absolute Gasteiger partial charge is 0.350 e. The first-order valence-corrected chi connectivity index (χ1v) is 7.27. The Labute approximate surface area is 121 Å². The highest BCUT2D eigenvalue weighted by Gasteiger charge is 2.11. The van der Waals surface area contributed by atoms with Gasteiger partial charge in [-0.3, -0.25) is 4.79 Å². The zero-order valence-corrected chi connectivity index (χ0v) is 12.9. The molecular formula is C16H25FN2O. The lowest BCUT2D eigenvalue weighted by atomic mass is 10.1. The van der Waals surface area contributed by atoms with Crippen molar-refractivity contribution in [1.29, 1.82) is 0 Å². The minimum absolute atomic E-state index is 0.105. The van der Waals surface area contributed by atoms with E-state index in [-0.39, 0.29) is 17.8 Å². The van der Waals surface area contributed by atoms with E-state index >= 15 is 0 Å². The lowest BCUT2D eigenvalue weighted by Gasteiger charge is -2.21. The molecule has 0 fully saturated rings. The standard InChI is InChI=1S/C16H25FN2O/c1-5-19(6-2)10-9-13(4)18-16(20)14-7-8-15(17)12(3)11-14/h7-8,11,13H,5-6,9-10H2,1-4H3,(H,18,20). The number of carbonyl (C=O) groups is 1. The summed E-state index contributed by atoms with van der Waals surface area (Å²) in [6.45, 7) is 10.9. The highest BCUT2D eigenvalue weighted by Crippen LogP contribution is 2.09. The smallest absolute Gasteiger partial charge is 0.251 e. The maximum Gasteiger partial charge on any atom is 0.251 e. The molecule has 20 heavy (non-hydrogen) atoms. The van der Waals surface area contributed by atoms with Crippen molar-refractivity contribution in [3.63, 3.8) is 0 Å². The molecular weight excluding hydrogens is 255 g/mol. The zero-order valence-electron chi connectivity index (χ0n) is 12.9. The van der Waals surface area contributed by atoms with Gasteiger partial charge in [0.1, 0.15) is 5.82 Å². The summed E-state index contributed by atoms with van der Waals surface area (Å²) >= 11 is 0. The second-order valence-electron chi connectivity index (χ2n) is 5.15. The van der Waals surface area contributed by atoms with E-state index in [0.29, 0.717) is 11.1 Å². The summed E-state index contributed by atoms with van der Waals surface area (Å²) in [7, 11) is 0. The van der Waals surface area contributed by atoms with Crippen molar-refractivity contribution in [1.82, 2.24) is 10.2 Å². The Morgan fingerprint density at radius 2 is 2.00 bits per heavy atom. The van der Waals surface area contributed by atoms with Crippen molar-refractivity contribution in [2.24, 2.45) is 0 Å². The molecule has 0 aliphatic carbocycles. The second-order valence-corrected chi connectivity index (χ2v) is 5.15. The number of halogens is 1.